The monoisotopic (exact) mass is 483 g/mol. The maximum absolute atomic E-state index is 13.4. The summed E-state index contributed by atoms with van der Waals surface area (Å²) in [4.78, 5) is 17.7. The van der Waals surface area contributed by atoms with Crippen LogP contribution in [0.4, 0.5) is 5.69 Å². The van der Waals surface area contributed by atoms with E-state index < -0.39 is 10.0 Å². The van der Waals surface area contributed by atoms with Crippen LogP contribution in [0.15, 0.2) is 52.0 Å². The van der Waals surface area contributed by atoms with Crippen molar-refractivity contribution in [1.29, 1.82) is 0 Å². The summed E-state index contributed by atoms with van der Waals surface area (Å²) in [7, 11) is -3.82. The molecule has 2 saturated heterocycles. The molecule has 5 rings (SSSR count). The quantitative estimate of drug-likeness (QED) is 0.562. The summed E-state index contributed by atoms with van der Waals surface area (Å²) in [6.07, 6.45) is 1.33. The summed E-state index contributed by atoms with van der Waals surface area (Å²) >= 11 is 0. The number of piperazine rings is 1. The zero-order valence-electron chi connectivity index (χ0n) is 19.4. The zero-order valence-corrected chi connectivity index (χ0v) is 20.2. The van der Waals surface area contributed by atoms with Crippen LogP contribution in [0.2, 0.25) is 0 Å². The molecule has 10 heteroatoms. The Morgan fingerprint density at radius 3 is 2.68 bits per heavy atom. The summed E-state index contributed by atoms with van der Waals surface area (Å²) in [5, 5.41) is 7.53. The summed E-state index contributed by atoms with van der Waals surface area (Å²) in [5.41, 5.74) is 3.00. The highest BCUT2D eigenvalue weighted by Gasteiger charge is 2.37. The molecule has 0 radical (unpaired) electrons. The highest BCUT2D eigenvalue weighted by atomic mass is 32.2. The van der Waals surface area contributed by atoms with Gasteiger partial charge in [-0.05, 0) is 66.8 Å². The van der Waals surface area contributed by atoms with Crippen LogP contribution in [0, 0.1) is 12.8 Å². The van der Waals surface area contributed by atoms with Gasteiger partial charge in [0, 0.05) is 44.5 Å². The molecular formula is C24H29N5O4S. The summed E-state index contributed by atoms with van der Waals surface area (Å²) < 4.78 is 33.0. The van der Waals surface area contributed by atoms with E-state index in [1.54, 1.807) is 12.1 Å². The van der Waals surface area contributed by atoms with Gasteiger partial charge in [0.25, 0.3) is 0 Å². The fourth-order valence-electron chi connectivity index (χ4n) is 5.10. The van der Waals surface area contributed by atoms with E-state index in [1.165, 1.54) is 21.6 Å². The standard InChI is InChI=1S/C24H29N5O4S/c1-17-6-3-8-20(14-17)29-13-12-27(15-18(29)2)24(30)19-7-5-11-28(16-19)34(31,32)22-10-4-9-21-23(22)26-33-25-21/h3-4,6,8-10,14,18-19H,5,7,11-13,15-16H2,1-2H3. The Morgan fingerprint density at radius 1 is 1.06 bits per heavy atom. The van der Waals surface area contributed by atoms with Crippen molar-refractivity contribution in [2.45, 2.75) is 37.6 Å². The molecule has 180 valence electrons. The highest BCUT2D eigenvalue weighted by molar-refractivity contribution is 7.89. The van der Waals surface area contributed by atoms with Gasteiger partial charge in [-0.2, -0.15) is 4.31 Å². The van der Waals surface area contributed by atoms with E-state index in [0.717, 1.165) is 6.54 Å². The number of carbonyl (C=O) groups excluding carboxylic acids is 1. The molecule has 2 aliphatic rings. The van der Waals surface area contributed by atoms with E-state index in [4.69, 9.17) is 4.63 Å². The lowest BCUT2D eigenvalue weighted by Crippen LogP contribution is -2.56. The molecule has 2 atom stereocenters. The maximum Gasteiger partial charge on any atom is 0.245 e. The number of benzene rings is 2. The van der Waals surface area contributed by atoms with E-state index >= 15 is 0 Å². The predicted octanol–water partition coefficient (Wildman–Crippen LogP) is 2.67. The number of rotatable bonds is 4. The van der Waals surface area contributed by atoms with Crippen LogP contribution in [0.5, 0.6) is 0 Å². The average molecular weight is 484 g/mol. The summed E-state index contributed by atoms with van der Waals surface area (Å²) in [6.45, 7) is 6.78. The first-order valence-electron chi connectivity index (χ1n) is 11.7. The molecule has 0 aliphatic carbocycles. The minimum absolute atomic E-state index is 0.0388. The average Bonchev–Trinajstić information content (AvgIpc) is 3.32. The van der Waals surface area contributed by atoms with Crippen LogP contribution >= 0.6 is 0 Å². The Kier molecular flexibility index (Phi) is 6.03. The second-order valence-corrected chi connectivity index (χ2v) is 11.2. The molecule has 3 heterocycles. The van der Waals surface area contributed by atoms with Gasteiger partial charge in [-0.25, -0.2) is 13.0 Å². The highest BCUT2D eigenvalue weighted by Crippen LogP contribution is 2.29. The maximum atomic E-state index is 13.4. The lowest BCUT2D eigenvalue weighted by atomic mass is 9.97. The SMILES string of the molecule is Cc1cccc(N2CCN(C(=O)C3CCCN(S(=O)(=O)c4cccc5nonc45)C3)CC2C)c1. The molecule has 0 bridgehead atoms. The van der Waals surface area contributed by atoms with Gasteiger partial charge in [0.2, 0.25) is 15.9 Å². The lowest BCUT2D eigenvalue weighted by molar-refractivity contribution is -0.137. The van der Waals surface area contributed by atoms with E-state index in [0.29, 0.717) is 38.0 Å². The molecule has 0 saturated carbocycles. The molecule has 0 N–H and O–H groups in total. The minimum Gasteiger partial charge on any atom is -0.365 e. The van der Waals surface area contributed by atoms with Gasteiger partial charge in [-0.3, -0.25) is 4.79 Å². The second-order valence-electron chi connectivity index (χ2n) is 9.26. The summed E-state index contributed by atoms with van der Waals surface area (Å²) in [6, 6.07) is 13.4. The number of aromatic nitrogens is 2. The van der Waals surface area contributed by atoms with E-state index in [-0.39, 0.29) is 34.8 Å². The van der Waals surface area contributed by atoms with Crippen LogP contribution in [0.3, 0.4) is 0 Å². The first kappa shape index (κ1) is 22.8. The molecule has 1 amide bonds. The van der Waals surface area contributed by atoms with E-state index in [1.807, 2.05) is 4.90 Å². The van der Waals surface area contributed by atoms with Gasteiger partial charge in [0.15, 0.2) is 5.52 Å². The third kappa shape index (κ3) is 4.16. The van der Waals surface area contributed by atoms with Crippen molar-refractivity contribution in [2.24, 2.45) is 5.92 Å². The van der Waals surface area contributed by atoms with Gasteiger partial charge < -0.3 is 9.80 Å². The van der Waals surface area contributed by atoms with Crippen molar-refractivity contribution in [1.82, 2.24) is 19.5 Å². The molecule has 3 aromatic rings. The van der Waals surface area contributed by atoms with E-state index in [2.05, 4.69) is 53.3 Å². The minimum atomic E-state index is -3.82. The number of nitrogens with zero attached hydrogens (tertiary/aromatic N) is 5. The predicted molar refractivity (Wildman–Crippen MR) is 128 cm³/mol. The number of hydrogen-bond donors (Lipinski definition) is 0. The largest absolute Gasteiger partial charge is 0.365 e. The number of piperidine rings is 1. The first-order chi connectivity index (χ1) is 16.3. The fraction of sp³-hybridized carbons (Fsp3) is 0.458. The van der Waals surface area contributed by atoms with E-state index in [9.17, 15) is 13.2 Å². The lowest BCUT2D eigenvalue weighted by Gasteiger charge is -2.43. The second kappa shape index (κ2) is 8.99. The van der Waals surface area contributed by atoms with Gasteiger partial charge >= 0.3 is 0 Å². The number of aryl methyl sites for hydroxylation is 1. The number of anilines is 1. The van der Waals surface area contributed by atoms with Crippen molar-refractivity contribution in [3.63, 3.8) is 0 Å². The molecule has 1 aromatic heterocycles. The Hall–Kier alpha value is -2.98. The number of fused-ring (bicyclic) bond motifs is 1. The number of carbonyl (C=O) groups is 1. The van der Waals surface area contributed by atoms with Crippen molar-refractivity contribution in [3.8, 4) is 0 Å². The molecule has 2 aromatic carbocycles. The zero-order chi connectivity index (χ0) is 23.9. The van der Waals surface area contributed by atoms with Gasteiger partial charge in [-0.1, -0.05) is 18.2 Å². The molecule has 2 fully saturated rings. The Labute approximate surface area is 199 Å². The third-order valence-corrected chi connectivity index (χ3v) is 8.77. The first-order valence-corrected chi connectivity index (χ1v) is 13.1. The fourth-order valence-corrected chi connectivity index (χ4v) is 6.76. The Morgan fingerprint density at radius 2 is 1.88 bits per heavy atom. The van der Waals surface area contributed by atoms with Crippen LogP contribution in [0.25, 0.3) is 11.0 Å². The molecule has 9 nitrogen and oxygen atoms in total. The van der Waals surface area contributed by atoms with Gasteiger partial charge in [0.1, 0.15) is 10.4 Å². The number of sulfonamides is 1. The third-order valence-electron chi connectivity index (χ3n) is 6.87. The van der Waals surface area contributed by atoms with Gasteiger partial charge in [0.05, 0.1) is 5.92 Å². The Balaban J connectivity index is 1.29. The van der Waals surface area contributed by atoms with Crippen molar-refractivity contribution >= 4 is 32.7 Å². The van der Waals surface area contributed by atoms with Gasteiger partial charge in [-0.15, -0.1) is 0 Å². The van der Waals surface area contributed by atoms with Crippen LogP contribution < -0.4 is 4.90 Å². The summed E-state index contributed by atoms with van der Waals surface area (Å²) in [5.74, 6) is -0.312. The number of amides is 1. The van der Waals surface area contributed by atoms with Crippen molar-refractivity contribution < 1.29 is 17.8 Å². The molecule has 2 unspecified atom stereocenters. The topological polar surface area (TPSA) is 99.8 Å². The van der Waals surface area contributed by atoms with Crippen LogP contribution in [0.1, 0.15) is 25.3 Å². The molecule has 2 aliphatic heterocycles. The molecular weight excluding hydrogens is 454 g/mol. The molecule has 34 heavy (non-hydrogen) atoms. The van der Waals surface area contributed by atoms with Crippen LogP contribution in [-0.4, -0.2) is 72.6 Å². The number of hydrogen-bond acceptors (Lipinski definition) is 7. The van der Waals surface area contributed by atoms with Crippen molar-refractivity contribution in [3.05, 3.63) is 48.0 Å². The molecule has 0 spiro atoms. The normalized spacial score (nSPS) is 22.3. The Bertz CT molecular complexity index is 1310. The smallest absolute Gasteiger partial charge is 0.245 e. The van der Waals surface area contributed by atoms with Crippen molar-refractivity contribution in [2.75, 3.05) is 37.6 Å². The van der Waals surface area contributed by atoms with Crippen LogP contribution in [-0.2, 0) is 14.8 Å².